The van der Waals surface area contributed by atoms with E-state index in [1.54, 1.807) is 67.6 Å². The summed E-state index contributed by atoms with van der Waals surface area (Å²) in [5.74, 6) is 0.0671. The molecule has 3 aromatic carbocycles. The topological polar surface area (TPSA) is 75.7 Å². The van der Waals surface area contributed by atoms with E-state index in [9.17, 15) is 13.2 Å². The fraction of sp³-hybridized carbons (Fsp3) is 0.136. The smallest absolute Gasteiger partial charge is 0.264 e. The Morgan fingerprint density at radius 2 is 1.70 bits per heavy atom. The Kier molecular flexibility index (Phi) is 6.64. The number of ether oxygens (including phenoxy) is 1. The second-order valence-electron chi connectivity index (χ2n) is 6.51. The van der Waals surface area contributed by atoms with Gasteiger partial charge in [-0.1, -0.05) is 41.9 Å². The molecule has 0 radical (unpaired) electrons. The predicted octanol–water partition coefficient (Wildman–Crippen LogP) is 4.49. The lowest BCUT2D eigenvalue weighted by Crippen LogP contribution is -2.38. The molecule has 1 amide bonds. The first-order valence-electron chi connectivity index (χ1n) is 9.09. The van der Waals surface area contributed by atoms with Crippen molar-refractivity contribution in [2.45, 2.75) is 11.8 Å². The monoisotopic (exact) mass is 444 g/mol. The fourth-order valence-corrected chi connectivity index (χ4v) is 4.62. The van der Waals surface area contributed by atoms with Crippen molar-refractivity contribution >= 4 is 38.9 Å². The number of anilines is 2. The highest BCUT2D eigenvalue weighted by molar-refractivity contribution is 7.92. The number of aryl methyl sites for hydroxylation is 1. The summed E-state index contributed by atoms with van der Waals surface area (Å²) in [6, 6.07) is 19.8. The fourth-order valence-electron chi connectivity index (χ4n) is 2.93. The third-order valence-electron chi connectivity index (χ3n) is 4.43. The number of rotatable bonds is 7. The molecule has 30 heavy (non-hydrogen) atoms. The largest absolute Gasteiger partial charge is 0.496 e. The number of carbonyl (C=O) groups is 1. The summed E-state index contributed by atoms with van der Waals surface area (Å²) >= 11 is 6.10. The predicted molar refractivity (Wildman–Crippen MR) is 119 cm³/mol. The van der Waals surface area contributed by atoms with Crippen LogP contribution in [0.3, 0.4) is 0 Å². The summed E-state index contributed by atoms with van der Waals surface area (Å²) in [5.41, 5.74) is 1.46. The third-order valence-corrected chi connectivity index (χ3v) is 6.53. The highest BCUT2D eigenvalue weighted by atomic mass is 35.5. The van der Waals surface area contributed by atoms with Crippen molar-refractivity contribution in [3.8, 4) is 5.75 Å². The Labute approximate surface area is 181 Å². The maximum absolute atomic E-state index is 13.4. The number of carbonyl (C=O) groups excluding carboxylic acids is 1. The van der Waals surface area contributed by atoms with Gasteiger partial charge < -0.3 is 10.1 Å². The first kappa shape index (κ1) is 21.7. The number of methoxy groups -OCH3 is 1. The van der Waals surface area contributed by atoms with Crippen molar-refractivity contribution in [3.63, 3.8) is 0 Å². The molecule has 156 valence electrons. The molecule has 3 aromatic rings. The number of para-hydroxylation sites is 2. The lowest BCUT2D eigenvalue weighted by Gasteiger charge is -2.24. The summed E-state index contributed by atoms with van der Waals surface area (Å²) in [4.78, 5) is 12.8. The van der Waals surface area contributed by atoms with E-state index < -0.39 is 22.5 Å². The maximum atomic E-state index is 13.4. The zero-order valence-electron chi connectivity index (χ0n) is 16.5. The standard InChI is InChI=1S/C22H21ClN2O4S/c1-16-14-18(12-13-21(16)29-2)30(27,28)25(17-8-4-3-5-9-17)15-22(26)24-20-11-7-6-10-19(20)23/h3-14H,15H2,1-2H3,(H,24,26). The van der Waals surface area contributed by atoms with Crippen LogP contribution in [0.15, 0.2) is 77.7 Å². The molecule has 0 atom stereocenters. The van der Waals surface area contributed by atoms with Gasteiger partial charge in [0.25, 0.3) is 10.0 Å². The highest BCUT2D eigenvalue weighted by Crippen LogP contribution is 2.27. The SMILES string of the molecule is COc1ccc(S(=O)(=O)N(CC(=O)Nc2ccccc2Cl)c2ccccc2)cc1C. The van der Waals surface area contributed by atoms with E-state index in [0.717, 1.165) is 4.31 Å². The van der Waals surface area contributed by atoms with Crippen molar-refractivity contribution < 1.29 is 17.9 Å². The molecular formula is C22H21ClN2O4S. The summed E-state index contributed by atoms with van der Waals surface area (Å²) in [7, 11) is -2.50. The van der Waals surface area contributed by atoms with E-state index in [-0.39, 0.29) is 4.90 Å². The molecule has 0 aliphatic heterocycles. The molecule has 0 spiro atoms. The van der Waals surface area contributed by atoms with Gasteiger partial charge in [0, 0.05) is 0 Å². The van der Waals surface area contributed by atoms with Crippen LogP contribution in [-0.2, 0) is 14.8 Å². The first-order valence-corrected chi connectivity index (χ1v) is 10.9. The van der Waals surface area contributed by atoms with Gasteiger partial charge >= 0.3 is 0 Å². The van der Waals surface area contributed by atoms with Gasteiger partial charge in [-0.15, -0.1) is 0 Å². The Morgan fingerprint density at radius 3 is 2.33 bits per heavy atom. The van der Waals surface area contributed by atoms with Crippen LogP contribution in [0.5, 0.6) is 5.75 Å². The number of halogens is 1. The molecule has 8 heteroatoms. The summed E-state index contributed by atoms with van der Waals surface area (Å²) in [5, 5.41) is 3.03. The molecule has 0 fully saturated rings. The molecule has 0 unspecified atom stereocenters. The van der Waals surface area contributed by atoms with Gasteiger partial charge in [-0.2, -0.15) is 0 Å². The van der Waals surface area contributed by atoms with E-state index >= 15 is 0 Å². The van der Waals surface area contributed by atoms with Gasteiger partial charge in [0.2, 0.25) is 5.91 Å². The summed E-state index contributed by atoms with van der Waals surface area (Å²) in [6.07, 6.45) is 0. The number of nitrogens with one attached hydrogen (secondary N) is 1. The average molecular weight is 445 g/mol. The van der Waals surface area contributed by atoms with Crippen molar-refractivity contribution in [3.05, 3.63) is 83.4 Å². The van der Waals surface area contributed by atoms with Crippen LogP contribution in [0.2, 0.25) is 5.02 Å². The maximum Gasteiger partial charge on any atom is 0.264 e. The van der Waals surface area contributed by atoms with Crippen molar-refractivity contribution in [1.82, 2.24) is 0 Å². The van der Waals surface area contributed by atoms with Gasteiger partial charge in [0.15, 0.2) is 0 Å². The van der Waals surface area contributed by atoms with Crippen LogP contribution in [0, 0.1) is 6.92 Å². The molecule has 6 nitrogen and oxygen atoms in total. The van der Waals surface area contributed by atoms with Crippen LogP contribution in [0.25, 0.3) is 0 Å². The molecule has 1 N–H and O–H groups in total. The van der Waals surface area contributed by atoms with E-state index in [0.29, 0.717) is 27.7 Å². The third kappa shape index (κ3) is 4.75. The molecule has 0 aliphatic rings. The first-order chi connectivity index (χ1) is 14.3. The summed E-state index contributed by atoms with van der Waals surface area (Å²) in [6.45, 7) is 1.34. The number of nitrogens with zero attached hydrogens (tertiary/aromatic N) is 1. The number of hydrogen-bond acceptors (Lipinski definition) is 4. The summed E-state index contributed by atoms with van der Waals surface area (Å²) < 4.78 is 33.1. The van der Waals surface area contributed by atoms with Gasteiger partial charge in [0.1, 0.15) is 12.3 Å². The molecular weight excluding hydrogens is 424 g/mol. The minimum atomic E-state index is -4.02. The number of amides is 1. The quantitative estimate of drug-likeness (QED) is 0.582. The average Bonchev–Trinajstić information content (AvgIpc) is 2.74. The van der Waals surface area contributed by atoms with Crippen LogP contribution < -0.4 is 14.4 Å². The highest BCUT2D eigenvalue weighted by Gasteiger charge is 2.28. The number of benzene rings is 3. The Hall–Kier alpha value is -3.03. The number of sulfonamides is 1. The number of hydrogen-bond donors (Lipinski definition) is 1. The lowest BCUT2D eigenvalue weighted by molar-refractivity contribution is -0.114. The molecule has 0 aliphatic carbocycles. The molecule has 3 rings (SSSR count). The second kappa shape index (κ2) is 9.19. The van der Waals surface area contributed by atoms with Crippen LogP contribution in [0.4, 0.5) is 11.4 Å². The van der Waals surface area contributed by atoms with Gasteiger partial charge in [-0.25, -0.2) is 8.42 Å². The zero-order valence-corrected chi connectivity index (χ0v) is 18.1. The molecule has 0 saturated carbocycles. The molecule has 0 aromatic heterocycles. The van der Waals surface area contributed by atoms with E-state index in [4.69, 9.17) is 16.3 Å². The van der Waals surface area contributed by atoms with Crippen molar-refractivity contribution in [1.29, 1.82) is 0 Å². The Morgan fingerprint density at radius 1 is 1.03 bits per heavy atom. The van der Waals surface area contributed by atoms with Crippen molar-refractivity contribution in [2.24, 2.45) is 0 Å². The molecule has 0 bridgehead atoms. The lowest BCUT2D eigenvalue weighted by atomic mass is 10.2. The Bertz CT molecular complexity index is 1150. The van der Waals surface area contributed by atoms with Crippen LogP contribution in [-0.4, -0.2) is 28.0 Å². The van der Waals surface area contributed by atoms with Gasteiger partial charge in [-0.05, 0) is 55.0 Å². The van der Waals surface area contributed by atoms with E-state index in [1.807, 2.05) is 0 Å². The zero-order chi connectivity index (χ0) is 21.7. The van der Waals surface area contributed by atoms with E-state index in [1.165, 1.54) is 19.2 Å². The van der Waals surface area contributed by atoms with Crippen LogP contribution in [0.1, 0.15) is 5.56 Å². The van der Waals surface area contributed by atoms with Gasteiger partial charge in [0.05, 0.1) is 28.4 Å². The van der Waals surface area contributed by atoms with Gasteiger partial charge in [-0.3, -0.25) is 9.10 Å². The minimum absolute atomic E-state index is 0.0650. The van der Waals surface area contributed by atoms with E-state index in [2.05, 4.69) is 5.32 Å². The molecule has 0 saturated heterocycles. The van der Waals surface area contributed by atoms with Crippen LogP contribution >= 0.6 is 11.6 Å². The normalized spacial score (nSPS) is 11.0. The van der Waals surface area contributed by atoms with Crippen molar-refractivity contribution in [2.75, 3.05) is 23.3 Å². The molecule has 0 heterocycles. The Balaban J connectivity index is 1.96. The second-order valence-corrected chi connectivity index (χ2v) is 8.78. The minimum Gasteiger partial charge on any atom is -0.496 e.